The van der Waals surface area contributed by atoms with Gasteiger partial charge in [-0.25, -0.2) is 4.79 Å². The van der Waals surface area contributed by atoms with Crippen LogP contribution in [0.1, 0.15) is 53.4 Å². The Morgan fingerprint density at radius 3 is 2.93 bits per heavy atom. The van der Waals surface area contributed by atoms with E-state index in [-0.39, 0.29) is 5.97 Å². The van der Waals surface area contributed by atoms with Gasteiger partial charge in [0, 0.05) is 16.6 Å². The number of nitrogens with one attached hydrogen (secondary N) is 2. The third-order valence-electron chi connectivity index (χ3n) is 4.59. The van der Waals surface area contributed by atoms with E-state index in [2.05, 4.69) is 17.6 Å². The van der Waals surface area contributed by atoms with Crippen molar-refractivity contribution in [1.29, 1.82) is 0 Å². The van der Waals surface area contributed by atoms with Crippen LogP contribution in [-0.2, 0) is 11.2 Å². The molecule has 2 aromatic rings. The molecule has 0 saturated heterocycles. The number of carbonyl (C=O) groups is 1. The maximum Gasteiger partial charge on any atom is 0.341 e. The first kappa shape index (κ1) is 19.6. The maximum atomic E-state index is 12.6. The molecule has 1 heterocycles. The van der Waals surface area contributed by atoms with Crippen LogP contribution >= 0.6 is 23.6 Å². The summed E-state index contributed by atoms with van der Waals surface area (Å²) in [6, 6.07) is 7.53. The summed E-state index contributed by atoms with van der Waals surface area (Å²) in [5, 5.41) is 7.55. The first-order chi connectivity index (χ1) is 13.0. The zero-order chi connectivity index (χ0) is 19.4. The number of fused-ring (bicyclic) bond motifs is 1. The van der Waals surface area contributed by atoms with Gasteiger partial charge in [-0.1, -0.05) is 13.0 Å². The molecule has 3 rings (SSSR count). The molecule has 0 bridgehead atoms. The monoisotopic (exact) mass is 404 g/mol. The zero-order valence-corrected chi connectivity index (χ0v) is 17.4. The highest BCUT2D eigenvalue weighted by molar-refractivity contribution is 7.80. The molecular weight excluding hydrogens is 380 g/mol. The molecule has 1 aromatic carbocycles. The van der Waals surface area contributed by atoms with Crippen molar-refractivity contribution < 1.29 is 14.3 Å². The van der Waals surface area contributed by atoms with Crippen molar-refractivity contribution in [2.45, 2.75) is 39.0 Å². The van der Waals surface area contributed by atoms with E-state index in [1.165, 1.54) is 4.88 Å². The number of benzene rings is 1. The second-order valence-electron chi connectivity index (χ2n) is 6.47. The summed E-state index contributed by atoms with van der Waals surface area (Å²) in [5.41, 5.74) is 2.58. The van der Waals surface area contributed by atoms with Gasteiger partial charge in [0.05, 0.1) is 19.3 Å². The largest absolute Gasteiger partial charge is 0.497 e. The number of hydrogen-bond acceptors (Lipinski definition) is 5. The number of rotatable bonds is 5. The fourth-order valence-electron chi connectivity index (χ4n) is 3.37. The van der Waals surface area contributed by atoms with Crippen molar-refractivity contribution in [3.05, 3.63) is 40.3 Å². The lowest BCUT2D eigenvalue weighted by Gasteiger charge is -2.19. The standard InChI is InChI=1S/C20H24N2O3S2/c1-4-25-19(23)17-16-12(2)7-5-10-15(16)27-18(17)22-20(26)21-13-8-6-9-14(11-13)24-3/h6,8-9,11-12H,4-5,7,10H2,1-3H3,(H2,21,22,26). The second-order valence-corrected chi connectivity index (χ2v) is 7.98. The minimum atomic E-state index is -0.282. The quantitative estimate of drug-likeness (QED) is 0.529. The normalized spacial score (nSPS) is 15.6. The Balaban J connectivity index is 1.85. The van der Waals surface area contributed by atoms with Crippen LogP contribution in [0.3, 0.4) is 0 Å². The van der Waals surface area contributed by atoms with Crippen LogP contribution in [0.15, 0.2) is 24.3 Å². The van der Waals surface area contributed by atoms with Gasteiger partial charge in [0.1, 0.15) is 10.8 Å². The molecule has 2 N–H and O–H groups in total. The van der Waals surface area contributed by atoms with Gasteiger partial charge in [-0.15, -0.1) is 11.3 Å². The molecule has 0 saturated carbocycles. The summed E-state index contributed by atoms with van der Waals surface area (Å²) < 4.78 is 10.6. The summed E-state index contributed by atoms with van der Waals surface area (Å²) in [7, 11) is 1.62. The fraction of sp³-hybridized carbons (Fsp3) is 0.400. The number of methoxy groups -OCH3 is 1. The number of aryl methyl sites for hydroxylation is 1. The Labute approximate surface area is 169 Å². The summed E-state index contributed by atoms with van der Waals surface area (Å²) in [6.45, 7) is 4.34. The summed E-state index contributed by atoms with van der Waals surface area (Å²) in [5.74, 6) is 0.811. The third-order valence-corrected chi connectivity index (χ3v) is 5.97. The molecule has 5 nitrogen and oxygen atoms in total. The molecule has 0 spiro atoms. The first-order valence-corrected chi connectivity index (χ1v) is 10.3. The molecule has 1 aromatic heterocycles. The molecule has 1 unspecified atom stereocenters. The van der Waals surface area contributed by atoms with E-state index in [0.717, 1.165) is 41.3 Å². The van der Waals surface area contributed by atoms with Gasteiger partial charge in [0.25, 0.3) is 0 Å². The molecular formula is C20H24N2O3S2. The summed E-state index contributed by atoms with van der Waals surface area (Å²) in [6.07, 6.45) is 3.22. The Morgan fingerprint density at radius 2 is 2.19 bits per heavy atom. The predicted molar refractivity (Wildman–Crippen MR) is 114 cm³/mol. The summed E-state index contributed by atoms with van der Waals surface area (Å²) >= 11 is 7.07. The molecule has 0 fully saturated rings. The minimum absolute atomic E-state index is 0.282. The highest BCUT2D eigenvalue weighted by Gasteiger charge is 2.30. The van der Waals surface area contributed by atoms with Crippen LogP contribution in [0.2, 0.25) is 0 Å². The summed E-state index contributed by atoms with van der Waals surface area (Å²) in [4.78, 5) is 13.9. The SMILES string of the molecule is CCOC(=O)c1c(NC(=S)Nc2cccc(OC)c2)sc2c1C(C)CCC2. The van der Waals surface area contributed by atoms with E-state index in [1.807, 2.05) is 31.2 Å². The average molecular weight is 405 g/mol. The molecule has 144 valence electrons. The van der Waals surface area contributed by atoms with E-state index in [0.29, 0.717) is 23.2 Å². The van der Waals surface area contributed by atoms with Gasteiger partial charge >= 0.3 is 5.97 Å². The minimum Gasteiger partial charge on any atom is -0.497 e. The second kappa shape index (κ2) is 8.71. The van der Waals surface area contributed by atoms with E-state index in [1.54, 1.807) is 18.4 Å². The van der Waals surface area contributed by atoms with Crippen LogP contribution < -0.4 is 15.4 Å². The molecule has 0 aliphatic heterocycles. The van der Waals surface area contributed by atoms with Gasteiger partial charge in [-0.3, -0.25) is 0 Å². The Kier molecular flexibility index (Phi) is 6.34. The van der Waals surface area contributed by atoms with Crippen LogP contribution in [0.4, 0.5) is 10.7 Å². The van der Waals surface area contributed by atoms with Crippen molar-refractivity contribution >= 4 is 45.3 Å². The molecule has 0 amide bonds. The molecule has 7 heteroatoms. The average Bonchev–Trinajstić information content (AvgIpc) is 3.01. The number of hydrogen-bond donors (Lipinski definition) is 2. The van der Waals surface area contributed by atoms with Crippen LogP contribution in [-0.4, -0.2) is 24.8 Å². The van der Waals surface area contributed by atoms with E-state index in [4.69, 9.17) is 21.7 Å². The molecule has 1 aliphatic rings. The number of carbonyl (C=O) groups excluding carboxylic acids is 1. The lowest BCUT2D eigenvalue weighted by molar-refractivity contribution is 0.0526. The molecule has 0 radical (unpaired) electrons. The third kappa shape index (κ3) is 4.42. The van der Waals surface area contributed by atoms with Crippen LogP contribution in [0, 0.1) is 0 Å². The van der Waals surface area contributed by atoms with Crippen molar-refractivity contribution in [2.75, 3.05) is 24.4 Å². The highest BCUT2D eigenvalue weighted by Crippen LogP contribution is 2.43. The smallest absolute Gasteiger partial charge is 0.341 e. The van der Waals surface area contributed by atoms with Crippen molar-refractivity contribution in [3.8, 4) is 5.75 Å². The van der Waals surface area contributed by atoms with Crippen molar-refractivity contribution in [2.24, 2.45) is 0 Å². The number of thiophene rings is 1. The van der Waals surface area contributed by atoms with Gasteiger partial charge in [0.2, 0.25) is 0 Å². The predicted octanol–water partition coefficient (Wildman–Crippen LogP) is 5.18. The molecule has 1 atom stereocenters. The fourth-order valence-corrected chi connectivity index (χ4v) is 5.01. The maximum absolute atomic E-state index is 12.6. The number of thiocarbonyl (C=S) groups is 1. The van der Waals surface area contributed by atoms with Gasteiger partial charge in [-0.2, -0.15) is 0 Å². The van der Waals surface area contributed by atoms with Gasteiger partial charge < -0.3 is 20.1 Å². The Hall–Kier alpha value is -2.12. The van der Waals surface area contributed by atoms with Crippen LogP contribution in [0.5, 0.6) is 5.75 Å². The lowest BCUT2D eigenvalue weighted by Crippen LogP contribution is -2.20. The molecule has 27 heavy (non-hydrogen) atoms. The van der Waals surface area contributed by atoms with Crippen LogP contribution in [0.25, 0.3) is 0 Å². The highest BCUT2D eigenvalue weighted by atomic mass is 32.1. The van der Waals surface area contributed by atoms with E-state index < -0.39 is 0 Å². The Morgan fingerprint density at radius 1 is 1.37 bits per heavy atom. The topological polar surface area (TPSA) is 59.6 Å². The zero-order valence-electron chi connectivity index (χ0n) is 15.8. The molecule has 1 aliphatic carbocycles. The van der Waals surface area contributed by atoms with Crippen molar-refractivity contribution in [3.63, 3.8) is 0 Å². The van der Waals surface area contributed by atoms with E-state index >= 15 is 0 Å². The Bertz CT molecular complexity index is 848. The first-order valence-electron chi connectivity index (χ1n) is 9.08. The van der Waals surface area contributed by atoms with E-state index in [9.17, 15) is 4.79 Å². The van der Waals surface area contributed by atoms with Gasteiger partial charge in [0.15, 0.2) is 5.11 Å². The van der Waals surface area contributed by atoms with Crippen molar-refractivity contribution in [1.82, 2.24) is 0 Å². The lowest BCUT2D eigenvalue weighted by atomic mass is 9.86. The number of anilines is 2. The van der Waals surface area contributed by atoms with Gasteiger partial charge in [-0.05, 0) is 62.0 Å². The number of esters is 1. The number of ether oxygens (including phenoxy) is 2.